The molecular formula is C17H33NO. The van der Waals surface area contributed by atoms with Crippen molar-refractivity contribution in [2.24, 2.45) is 5.92 Å². The Morgan fingerprint density at radius 3 is 2.21 bits per heavy atom. The highest BCUT2D eigenvalue weighted by atomic mass is 16.5. The monoisotopic (exact) mass is 267 g/mol. The van der Waals surface area contributed by atoms with Crippen molar-refractivity contribution in [1.29, 1.82) is 0 Å². The van der Waals surface area contributed by atoms with E-state index in [1.54, 1.807) is 0 Å². The molecule has 19 heavy (non-hydrogen) atoms. The fourth-order valence-corrected chi connectivity index (χ4v) is 4.33. The first-order valence-electron chi connectivity index (χ1n) is 8.59. The van der Waals surface area contributed by atoms with Crippen LogP contribution in [0.4, 0.5) is 0 Å². The van der Waals surface area contributed by atoms with Crippen LogP contribution in [0, 0.1) is 5.92 Å². The van der Waals surface area contributed by atoms with Gasteiger partial charge in [-0.25, -0.2) is 0 Å². The standard InChI is InChI=1S/C17H33NO/c1-3-18-16(14-15-10-6-7-11-15)17(19-2)12-8-4-5-9-13-17/h15-16,18H,3-14H2,1-2H3. The molecule has 1 atom stereocenters. The zero-order valence-electron chi connectivity index (χ0n) is 13.0. The van der Waals surface area contributed by atoms with Crippen LogP contribution in [-0.2, 0) is 4.74 Å². The van der Waals surface area contributed by atoms with Gasteiger partial charge in [0.05, 0.1) is 5.60 Å². The second kappa shape index (κ2) is 7.64. The maximum Gasteiger partial charge on any atom is 0.0831 e. The summed E-state index contributed by atoms with van der Waals surface area (Å²) in [6.45, 7) is 3.31. The van der Waals surface area contributed by atoms with E-state index in [-0.39, 0.29) is 5.60 Å². The molecule has 2 heteroatoms. The van der Waals surface area contributed by atoms with Crippen molar-refractivity contribution in [3.63, 3.8) is 0 Å². The average Bonchev–Trinajstić information content (AvgIpc) is 2.81. The molecule has 2 fully saturated rings. The Hall–Kier alpha value is -0.0800. The van der Waals surface area contributed by atoms with Gasteiger partial charge in [-0.05, 0) is 31.7 Å². The number of hydrogen-bond acceptors (Lipinski definition) is 2. The molecule has 2 aliphatic rings. The van der Waals surface area contributed by atoms with Gasteiger partial charge >= 0.3 is 0 Å². The van der Waals surface area contributed by atoms with Gasteiger partial charge in [0.2, 0.25) is 0 Å². The van der Waals surface area contributed by atoms with Crippen molar-refractivity contribution in [1.82, 2.24) is 5.32 Å². The molecule has 0 aromatic rings. The summed E-state index contributed by atoms with van der Waals surface area (Å²) >= 11 is 0. The summed E-state index contributed by atoms with van der Waals surface area (Å²) in [7, 11) is 1.95. The molecule has 2 saturated carbocycles. The average molecular weight is 267 g/mol. The fraction of sp³-hybridized carbons (Fsp3) is 1.00. The zero-order valence-corrected chi connectivity index (χ0v) is 13.0. The number of nitrogens with one attached hydrogen (secondary N) is 1. The van der Waals surface area contributed by atoms with Crippen LogP contribution < -0.4 is 5.32 Å². The first-order chi connectivity index (χ1) is 9.30. The largest absolute Gasteiger partial charge is 0.377 e. The summed E-state index contributed by atoms with van der Waals surface area (Å²) in [5, 5.41) is 3.77. The second-order valence-electron chi connectivity index (χ2n) is 6.68. The number of rotatable bonds is 6. The third-order valence-electron chi connectivity index (χ3n) is 5.49. The van der Waals surface area contributed by atoms with Gasteiger partial charge in [-0.1, -0.05) is 58.3 Å². The van der Waals surface area contributed by atoms with Crippen molar-refractivity contribution >= 4 is 0 Å². The Morgan fingerprint density at radius 2 is 1.68 bits per heavy atom. The molecular weight excluding hydrogens is 234 g/mol. The minimum atomic E-state index is 0.120. The quantitative estimate of drug-likeness (QED) is 0.725. The first-order valence-corrected chi connectivity index (χ1v) is 8.59. The van der Waals surface area contributed by atoms with Gasteiger partial charge in [-0.3, -0.25) is 0 Å². The topological polar surface area (TPSA) is 21.3 Å². The van der Waals surface area contributed by atoms with Crippen molar-refractivity contribution in [3.8, 4) is 0 Å². The molecule has 0 aromatic heterocycles. The SMILES string of the molecule is CCNC(CC1CCCC1)C1(OC)CCCCCC1. The van der Waals surface area contributed by atoms with Crippen LogP contribution >= 0.6 is 0 Å². The molecule has 2 nitrogen and oxygen atoms in total. The lowest BCUT2D eigenvalue weighted by Crippen LogP contribution is -2.52. The van der Waals surface area contributed by atoms with E-state index in [2.05, 4.69) is 12.2 Å². The summed E-state index contributed by atoms with van der Waals surface area (Å²) < 4.78 is 6.12. The van der Waals surface area contributed by atoms with E-state index < -0.39 is 0 Å². The van der Waals surface area contributed by atoms with Crippen LogP contribution in [0.2, 0.25) is 0 Å². The van der Waals surface area contributed by atoms with E-state index in [0.717, 1.165) is 12.5 Å². The van der Waals surface area contributed by atoms with Crippen LogP contribution in [-0.4, -0.2) is 25.3 Å². The lowest BCUT2D eigenvalue weighted by Gasteiger charge is -2.41. The maximum absolute atomic E-state index is 6.12. The van der Waals surface area contributed by atoms with Crippen LogP contribution in [0.3, 0.4) is 0 Å². The molecule has 0 radical (unpaired) electrons. The van der Waals surface area contributed by atoms with Gasteiger partial charge in [-0.2, -0.15) is 0 Å². The predicted octanol–water partition coefficient (Wildman–Crippen LogP) is 4.28. The van der Waals surface area contributed by atoms with Crippen LogP contribution in [0.15, 0.2) is 0 Å². The fourth-order valence-electron chi connectivity index (χ4n) is 4.33. The van der Waals surface area contributed by atoms with E-state index in [9.17, 15) is 0 Å². The summed E-state index contributed by atoms with van der Waals surface area (Å²) in [4.78, 5) is 0. The zero-order chi connectivity index (χ0) is 13.6. The minimum absolute atomic E-state index is 0.120. The molecule has 2 aliphatic carbocycles. The summed E-state index contributed by atoms with van der Waals surface area (Å²) in [6, 6.07) is 0.573. The Balaban J connectivity index is 2.03. The summed E-state index contributed by atoms with van der Waals surface area (Å²) in [5.41, 5.74) is 0.120. The number of hydrogen-bond donors (Lipinski definition) is 1. The van der Waals surface area contributed by atoms with Gasteiger partial charge in [0, 0.05) is 13.2 Å². The smallest absolute Gasteiger partial charge is 0.0831 e. The van der Waals surface area contributed by atoms with Gasteiger partial charge in [0.1, 0.15) is 0 Å². The highest BCUT2D eigenvalue weighted by molar-refractivity contribution is 4.95. The third kappa shape index (κ3) is 3.95. The highest BCUT2D eigenvalue weighted by Gasteiger charge is 2.39. The molecule has 0 aromatic carbocycles. The van der Waals surface area contributed by atoms with Gasteiger partial charge in [0.25, 0.3) is 0 Å². The second-order valence-corrected chi connectivity index (χ2v) is 6.68. The summed E-state index contributed by atoms with van der Waals surface area (Å²) in [6.07, 6.45) is 15.1. The Labute approximate surface area is 119 Å². The van der Waals surface area contributed by atoms with E-state index in [1.807, 2.05) is 7.11 Å². The van der Waals surface area contributed by atoms with E-state index in [0.29, 0.717) is 6.04 Å². The van der Waals surface area contributed by atoms with Gasteiger partial charge in [0.15, 0.2) is 0 Å². The predicted molar refractivity (Wildman–Crippen MR) is 81.5 cm³/mol. The molecule has 1 N–H and O–H groups in total. The molecule has 0 aliphatic heterocycles. The Kier molecular flexibility index (Phi) is 6.15. The Morgan fingerprint density at radius 1 is 1.05 bits per heavy atom. The first kappa shape index (κ1) is 15.3. The van der Waals surface area contributed by atoms with Crippen molar-refractivity contribution in [2.75, 3.05) is 13.7 Å². The third-order valence-corrected chi connectivity index (χ3v) is 5.49. The Bertz CT molecular complexity index is 240. The number of likely N-dealkylation sites (N-methyl/N-ethyl adjacent to an activating group) is 1. The van der Waals surface area contributed by atoms with Crippen molar-refractivity contribution in [3.05, 3.63) is 0 Å². The maximum atomic E-state index is 6.12. The lowest BCUT2D eigenvalue weighted by molar-refractivity contribution is -0.0578. The lowest BCUT2D eigenvalue weighted by atomic mass is 9.80. The van der Waals surface area contributed by atoms with Crippen LogP contribution in [0.5, 0.6) is 0 Å². The number of methoxy groups -OCH3 is 1. The van der Waals surface area contributed by atoms with E-state index >= 15 is 0 Å². The minimum Gasteiger partial charge on any atom is -0.377 e. The van der Waals surface area contributed by atoms with Gasteiger partial charge < -0.3 is 10.1 Å². The molecule has 0 bridgehead atoms. The van der Waals surface area contributed by atoms with E-state index in [4.69, 9.17) is 4.74 Å². The molecule has 2 rings (SSSR count). The summed E-state index contributed by atoms with van der Waals surface area (Å²) in [5.74, 6) is 0.944. The molecule has 0 saturated heterocycles. The highest BCUT2D eigenvalue weighted by Crippen LogP contribution is 2.38. The van der Waals surface area contributed by atoms with Crippen molar-refractivity contribution < 1.29 is 4.74 Å². The van der Waals surface area contributed by atoms with Crippen molar-refractivity contribution in [2.45, 2.75) is 89.2 Å². The molecule has 0 amide bonds. The molecule has 112 valence electrons. The molecule has 0 spiro atoms. The van der Waals surface area contributed by atoms with E-state index in [1.165, 1.54) is 70.6 Å². The van der Waals surface area contributed by atoms with Crippen LogP contribution in [0.25, 0.3) is 0 Å². The molecule has 0 heterocycles. The molecule has 1 unspecified atom stereocenters. The number of ether oxygens (including phenoxy) is 1. The normalized spacial score (nSPS) is 26.2. The van der Waals surface area contributed by atoms with Crippen LogP contribution in [0.1, 0.15) is 77.6 Å². The van der Waals surface area contributed by atoms with Gasteiger partial charge in [-0.15, -0.1) is 0 Å².